The first-order chi connectivity index (χ1) is 9.52. The van der Waals surface area contributed by atoms with Gasteiger partial charge in [0.05, 0.1) is 13.0 Å². The maximum Gasteiger partial charge on any atom is 0.310 e. The molecule has 0 spiro atoms. The molecule has 0 aliphatic rings. The summed E-state index contributed by atoms with van der Waals surface area (Å²) in [6, 6.07) is 0. The molecule has 1 unspecified atom stereocenters. The van der Waals surface area contributed by atoms with Crippen LogP contribution in [0.4, 0.5) is 0 Å². The topological polar surface area (TPSA) is 46.6 Å². The molecule has 0 saturated carbocycles. The zero-order valence-electron chi connectivity index (χ0n) is 13.6. The zero-order chi connectivity index (χ0) is 15.4. The van der Waals surface area contributed by atoms with Gasteiger partial charge in [0.2, 0.25) is 5.91 Å². The van der Waals surface area contributed by atoms with Gasteiger partial charge in [-0.2, -0.15) is 0 Å². The van der Waals surface area contributed by atoms with E-state index in [4.69, 9.17) is 0 Å². The van der Waals surface area contributed by atoms with Crippen molar-refractivity contribution >= 4 is 11.9 Å². The first-order valence-electron chi connectivity index (χ1n) is 7.84. The van der Waals surface area contributed by atoms with Crippen LogP contribution in [0.2, 0.25) is 0 Å². The van der Waals surface area contributed by atoms with Gasteiger partial charge in [0.15, 0.2) is 0 Å². The molecule has 4 heteroatoms. The highest BCUT2D eigenvalue weighted by molar-refractivity contribution is 5.77. The summed E-state index contributed by atoms with van der Waals surface area (Å²) in [7, 11) is 3.13. The number of carbonyl (C=O) groups is 2. The van der Waals surface area contributed by atoms with Gasteiger partial charge in [0.25, 0.3) is 0 Å². The Bertz CT molecular complexity index is 279. The molecule has 1 atom stereocenters. The van der Waals surface area contributed by atoms with Gasteiger partial charge < -0.3 is 9.64 Å². The van der Waals surface area contributed by atoms with Gasteiger partial charge in [-0.1, -0.05) is 52.4 Å². The van der Waals surface area contributed by atoms with Crippen LogP contribution in [0, 0.1) is 5.92 Å². The normalized spacial score (nSPS) is 12.0. The number of hydrogen-bond acceptors (Lipinski definition) is 3. The van der Waals surface area contributed by atoms with Gasteiger partial charge in [-0.05, 0) is 6.42 Å². The molecular formula is C16H31NO3. The Balaban J connectivity index is 3.67. The second-order valence-electron chi connectivity index (χ2n) is 5.57. The van der Waals surface area contributed by atoms with Crippen molar-refractivity contribution in [2.24, 2.45) is 5.92 Å². The van der Waals surface area contributed by atoms with Crippen molar-refractivity contribution in [3.8, 4) is 0 Å². The minimum absolute atomic E-state index is 0.120. The summed E-state index contributed by atoms with van der Waals surface area (Å²) < 4.78 is 4.66. The monoisotopic (exact) mass is 285 g/mol. The van der Waals surface area contributed by atoms with E-state index in [9.17, 15) is 9.59 Å². The van der Waals surface area contributed by atoms with Crippen LogP contribution in [-0.2, 0) is 14.3 Å². The van der Waals surface area contributed by atoms with Crippen LogP contribution in [0.15, 0.2) is 0 Å². The predicted octanol–water partition coefficient (Wildman–Crippen LogP) is 3.39. The van der Waals surface area contributed by atoms with Crippen LogP contribution < -0.4 is 0 Å². The summed E-state index contributed by atoms with van der Waals surface area (Å²) in [6.45, 7) is 4.43. The largest absolute Gasteiger partial charge is 0.469 e. The second-order valence-corrected chi connectivity index (χ2v) is 5.57. The number of nitrogens with zero attached hydrogens (tertiary/aromatic N) is 1. The predicted molar refractivity (Wildman–Crippen MR) is 81.4 cm³/mol. The smallest absolute Gasteiger partial charge is 0.310 e. The van der Waals surface area contributed by atoms with Crippen molar-refractivity contribution in [2.45, 2.75) is 65.2 Å². The van der Waals surface area contributed by atoms with Crippen molar-refractivity contribution in [2.75, 3.05) is 20.7 Å². The van der Waals surface area contributed by atoms with Crippen LogP contribution in [-0.4, -0.2) is 37.5 Å². The maximum atomic E-state index is 11.9. The van der Waals surface area contributed by atoms with Gasteiger partial charge in [-0.15, -0.1) is 0 Å². The molecule has 20 heavy (non-hydrogen) atoms. The molecule has 0 bridgehead atoms. The van der Waals surface area contributed by atoms with Crippen molar-refractivity contribution in [1.82, 2.24) is 4.90 Å². The Morgan fingerprint density at radius 3 is 2.15 bits per heavy atom. The Hall–Kier alpha value is -1.06. The summed E-state index contributed by atoms with van der Waals surface area (Å²) in [5, 5.41) is 0. The molecule has 0 saturated heterocycles. The van der Waals surface area contributed by atoms with Crippen LogP contribution in [0.5, 0.6) is 0 Å². The van der Waals surface area contributed by atoms with E-state index in [1.54, 1.807) is 18.9 Å². The van der Waals surface area contributed by atoms with E-state index in [0.29, 0.717) is 13.0 Å². The second kappa shape index (κ2) is 11.7. The average molecular weight is 285 g/mol. The number of esters is 1. The van der Waals surface area contributed by atoms with Crippen molar-refractivity contribution in [1.29, 1.82) is 0 Å². The molecule has 0 fully saturated rings. The Kier molecular flexibility index (Phi) is 11.1. The van der Waals surface area contributed by atoms with Crippen LogP contribution >= 0.6 is 0 Å². The van der Waals surface area contributed by atoms with Crippen LogP contribution in [0.25, 0.3) is 0 Å². The molecule has 0 aromatic carbocycles. The molecule has 0 aromatic heterocycles. The summed E-state index contributed by atoms with van der Waals surface area (Å²) >= 11 is 0. The van der Waals surface area contributed by atoms with E-state index in [0.717, 1.165) is 12.8 Å². The first-order valence-corrected chi connectivity index (χ1v) is 7.84. The van der Waals surface area contributed by atoms with Crippen molar-refractivity contribution in [3.63, 3.8) is 0 Å². The number of carbonyl (C=O) groups excluding carboxylic acids is 2. The number of rotatable bonds is 11. The fourth-order valence-corrected chi connectivity index (χ4v) is 2.21. The Morgan fingerprint density at radius 2 is 1.60 bits per heavy atom. The van der Waals surface area contributed by atoms with E-state index >= 15 is 0 Å². The maximum absolute atomic E-state index is 11.9. The van der Waals surface area contributed by atoms with Crippen LogP contribution in [0.3, 0.4) is 0 Å². The van der Waals surface area contributed by atoms with E-state index in [1.165, 1.54) is 39.2 Å². The molecule has 0 rings (SSSR count). The zero-order valence-corrected chi connectivity index (χ0v) is 13.6. The van der Waals surface area contributed by atoms with Crippen molar-refractivity contribution in [3.05, 3.63) is 0 Å². The minimum Gasteiger partial charge on any atom is -0.469 e. The van der Waals surface area contributed by atoms with Gasteiger partial charge >= 0.3 is 5.97 Å². The highest BCUT2D eigenvalue weighted by Gasteiger charge is 2.18. The molecule has 0 aliphatic carbocycles. The SMILES string of the molecule is CCCCCCCCCC(=O)N(C)CC(C)C(=O)OC. The number of unbranched alkanes of at least 4 members (excludes halogenated alkanes) is 6. The lowest BCUT2D eigenvalue weighted by Crippen LogP contribution is -2.34. The third-order valence-electron chi connectivity index (χ3n) is 3.57. The van der Waals surface area contributed by atoms with E-state index < -0.39 is 0 Å². The summed E-state index contributed by atoms with van der Waals surface area (Å²) in [6.07, 6.45) is 9.03. The fraction of sp³-hybridized carbons (Fsp3) is 0.875. The molecule has 0 N–H and O–H groups in total. The van der Waals surface area contributed by atoms with Gasteiger partial charge in [-0.25, -0.2) is 0 Å². The number of hydrogen-bond donors (Lipinski definition) is 0. The average Bonchev–Trinajstić information content (AvgIpc) is 2.44. The lowest BCUT2D eigenvalue weighted by atomic mass is 10.1. The molecule has 0 aliphatic heterocycles. The van der Waals surface area contributed by atoms with Gasteiger partial charge in [-0.3, -0.25) is 9.59 Å². The Morgan fingerprint density at radius 1 is 1.05 bits per heavy atom. The first kappa shape index (κ1) is 18.9. The minimum atomic E-state index is -0.263. The molecule has 118 valence electrons. The summed E-state index contributed by atoms with van der Waals surface area (Å²) in [5.74, 6) is -0.405. The summed E-state index contributed by atoms with van der Waals surface area (Å²) in [4.78, 5) is 24.8. The van der Waals surface area contributed by atoms with Crippen LogP contribution in [0.1, 0.15) is 65.2 Å². The fourth-order valence-electron chi connectivity index (χ4n) is 2.21. The quantitative estimate of drug-likeness (QED) is 0.432. The molecule has 0 radical (unpaired) electrons. The standard InChI is InChI=1S/C16H31NO3/c1-5-6-7-8-9-10-11-12-15(18)17(3)13-14(2)16(19)20-4/h14H,5-13H2,1-4H3. The molecule has 4 nitrogen and oxygen atoms in total. The van der Waals surface area contributed by atoms with E-state index in [1.807, 2.05) is 0 Å². The molecule has 1 amide bonds. The van der Waals surface area contributed by atoms with E-state index in [2.05, 4.69) is 11.7 Å². The lowest BCUT2D eigenvalue weighted by Gasteiger charge is -2.20. The number of methoxy groups -OCH3 is 1. The summed E-state index contributed by atoms with van der Waals surface area (Å²) in [5.41, 5.74) is 0. The highest BCUT2D eigenvalue weighted by atomic mass is 16.5. The molecule has 0 aromatic rings. The highest BCUT2D eigenvalue weighted by Crippen LogP contribution is 2.10. The van der Waals surface area contributed by atoms with Gasteiger partial charge in [0.1, 0.15) is 0 Å². The lowest BCUT2D eigenvalue weighted by molar-refractivity contribution is -0.146. The van der Waals surface area contributed by atoms with E-state index in [-0.39, 0.29) is 17.8 Å². The molecular weight excluding hydrogens is 254 g/mol. The molecule has 0 heterocycles. The van der Waals surface area contributed by atoms with Crippen molar-refractivity contribution < 1.29 is 14.3 Å². The third-order valence-corrected chi connectivity index (χ3v) is 3.57. The Labute approximate surface area is 123 Å². The third kappa shape index (κ3) is 8.94. The van der Waals surface area contributed by atoms with Gasteiger partial charge in [0, 0.05) is 20.0 Å². The number of amides is 1. The number of ether oxygens (including phenoxy) is 1.